The van der Waals surface area contributed by atoms with Gasteiger partial charge in [-0.3, -0.25) is 4.79 Å². The first-order valence-corrected chi connectivity index (χ1v) is 6.82. The van der Waals surface area contributed by atoms with E-state index in [1.807, 2.05) is 25.1 Å². The lowest BCUT2D eigenvalue weighted by atomic mass is 10.1. The van der Waals surface area contributed by atoms with E-state index in [0.29, 0.717) is 22.3 Å². The van der Waals surface area contributed by atoms with Crippen molar-refractivity contribution in [1.82, 2.24) is 5.32 Å². The standard InChI is InChI=1S/C15H14Cl2N2O/c1-9-10(4-2-7-13(9)18)8-19-15(20)14-11(16)5-3-6-12(14)17/h2-7H,8,18H2,1H3,(H,19,20). The number of hydrogen-bond donors (Lipinski definition) is 2. The van der Waals surface area contributed by atoms with E-state index in [4.69, 9.17) is 28.9 Å². The molecular formula is C15H14Cl2N2O. The maximum atomic E-state index is 12.1. The van der Waals surface area contributed by atoms with Crippen LogP contribution in [-0.4, -0.2) is 5.91 Å². The normalized spacial score (nSPS) is 10.3. The molecule has 0 aliphatic rings. The van der Waals surface area contributed by atoms with Gasteiger partial charge in [-0.2, -0.15) is 0 Å². The molecule has 0 fully saturated rings. The van der Waals surface area contributed by atoms with Crippen molar-refractivity contribution in [1.29, 1.82) is 0 Å². The molecule has 0 unspecified atom stereocenters. The molecule has 1 amide bonds. The second-order valence-corrected chi connectivity index (χ2v) is 5.23. The summed E-state index contributed by atoms with van der Waals surface area (Å²) in [5, 5.41) is 3.47. The van der Waals surface area contributed by atoms with Gasteiger partial charge in [-0.1, -0.05) is 41.4 Å². The lowest BCUT2D eigenvalue weighted by Crippen LogP contribution is -2.24. The summed E-state index contributed by atoms with van der Waals surface area (Å²) in [5.41, 5.74) is 8.74. The van der Waals surface area contributed by atoms with Gasteiger partial charge in [0, 0.05) is 12.2 Å². The van der Waals surface area contributed by atoms with Gasteiger partial charge in [0.2, 0.25) is 0 Å². The molecule has 2 aromatic carbocycles. The molecule has 0 atom stereocenters. The number of benzene rings is 2. The van der Waals surface area contributed by atoms with Crippen LogP contribution in [0.4, 0.5) is 5.69 Å². The van der Waals surface area contributed by atoms with Crippen molar-refractivity contribution >= 4 is 34.8 Å². The molecule has 2 aromatic rings. The number of amides is 1. The van der Waals surface area contributed by atoms with Crippen LogP contribution >= 0.6 is 23.2 Å². The van der Waals surface area contributed by atoms with E-state index in [2.05, 4.69) is 5.32 Å². The number of rotatable bonds is 3. The van der Waals surface area contributed by atoms with Crippen molar-refractivity contribution in [2.24, 2.45) is 0 Å². The molecule has 0 heterocycles. The molecule has 2 rings (SSSR count). The molecule has 20 heavy (non-hydrogen) atoms. The lowest BCUT2D eigenvalue weighted by molar-refractivity contribution is 0.0951. The summed E-state index contributed by atoms with van der Waals surface area (Å²) in [7, 11) is 0. The molecular weight excluding hydrogens is 295 g/mol. The highest BCUT2D eigenvalue weighted by molar-refractivity contribution is 6.39. The predicted molar refractivity (Wildman–Crippen MR) is 83.2 cm³/mol. The number of nitrogen functional groups attached to an aromatic ring is 1. The predicted octanol–water partition coefficient (Wildman–Crippen LogP) is 3.81. The summed E-state index contributed by atoms with van der Waals surface area (Å²) in [4.78, 5) is 12.1. The molecule has 0 radical (unpaired) electrons. The fraction of sp³-hybridized carbons (Fsp3) is 0.133. The van der Waals surface area contributed by atoms with E-state index < -0.39 is 0 Å². The zero-order valence-corrected chi connectivity index (χ0v) is 12.4. The largest absolute Gasteiger partial charge is 0.399 e. The Bertz CT molecular complexity index is 636. The lowest BCUT2D eigenvalue weighted by Gasteiger charge is -2.11. The van der Waals surface area contributed by atoms with Crippen molar-refractivity contribution in [3.8, 4) is 0 Å². The third-order valence-corrected chi connectivity index (χ3v) is 3.75. The van der Waals surface area contributed by atoms with Crippen molar-refractivity contribution in [3.63, 3.8) is 0 Å². The average molecular weight is 309 g/mol. The first-order chi connectivity index (χ1) is 9.50. The van der Waals surface area contributed by atoms with Crippen molar-refractivity contribution in [2.45, 2.75) is 13.5 Å². The molecule has 3 N–H and O–H groups in total. The minimum Gasteiger partial charge on any atom is -0.399 e. The molecule has 0 aliphatic heterocycles. The van der Waals surface area contributed by atoms with Crippen LogP contribution in [0, 0.1) is 6.92 Å². The molecule has 0 aliphatic carbocycles. The molecule has 0 bridgehead atoms. The maximum Gasteiger partial charge on any atom is 0.254 e. The van der Waals surface area contributed by atoms with Crippen molar-refractivity contribution < 1.29 is 4.79 Å². The van der Waals surface area contributed by atoms with Gasteiger partial charge < -0.3 is 11.1 Å². The van der Waals surface area contributed by atoms with Crippen molar-refractivity contribution in [3.05, 3.63) is 63.1 Å². The van der Waals surface area contributed by atoms with Gasteiger partial charge in [-0.25, -0.2) is 0 Å². The Morgan fingerprint density at radius 1 is 1.15 bits per heavy atom. The molecule has 5 heteroatoms. The van der Waals surface area contributed by atoms with Gasteiger partial charge in [-0.05, 0) is 36.2 Å². The highest BCUT2D eigenvalue weighted by atomic mass is 35.5. The number of carbonyl (C=O) groups is 1. The Kier molecular flexibility index (Phi) is 4.53. The summed E-state index contributed by atoms with van der Waals surface area (Å²) in [6.45, 7) is 2.29. The van der Waals surface area contributed by atoms with Crippen LogP contribution in [0.2, 0.25) is 10.0 Å². The number of anilines is 1. The van der Waals surface area contributed by atoms with Crippen LogP contribution in [0.5, 0.6) is 0 Å². The van der Waals surface area contributed by atoms with Gasteiger partial charge in [-0.15, -0.1) is 0 Å². The number of halogens is 2. The number of hydrogen-bond acceptors (Lipinski definition) is 2. The minimum absolute atomic E-state index is 0.289. The molecule has 104 valence electrons. The SMILES string of the molecule is Cc1c(N)cccc1CNC(=O)c1c(Cl)cccc1Cl. The highest BCUT2D eigenvalue weighted by Crippen LogP contribution is 2.24. The Labute approximate surface area is 127 Å². The zero-order valence-electron chi connectivity index (χ0n) is 10.9. The Morgan fingerprint density at radius 2 is 1.75 bits per heavy atom. The Morgan fingerprint density at radius 3 is 2.40 bits per heavy atom. The van der Waals surface area contributed by atoms with Crippen LogP contribution in [0.15, 0.2) is 36.4 Å². The van der Waals surface area contributed by atoms with Gasteiger partial charge in [0.25, 0.3) is 5.91 Å². The van der Waals surface area contributed by atoms with Gasteiger partial charge in [0.1, 0.15) is 0 Å². The fourth-order valence-electron chi connectivity index (χ4n) is 1.87. The van der Waals surface area contributed by atoms with E-state index in [1.165, 1.54) is 0 Å². The average Bonchev–Trinajstić information content (AvgIpc) is 2.40. The maximum absolute atomic E-state index is 12.1. The van der Waals surface area contributed by atoms with Crippen LogP contribution < -0.4 is 11.1 Å². The quantitative estimate of drug-likeness (QED) is 0.847. The van der Waals surface area contributed by atoms with E-state index in [9.17, 15) is 4.79 Å². The summed E-state index contributed by atoms with van der Waals surface area (Å²) in [6, 6.07) is 10.6. The summed E-state index contributed by atoms with van der Waals surface area (Å²) in [5.74, 6) is -0.303. The van der Waals surface area contributed by atoms with Crippen molar-refractivity contribution in [2.75, 3.05) is 5.73 Å². The molecule has 0 saturated heterocycles. The van der Waals surface area contributed by atoms with Crippen LogP contribution in [0.1, 0.15) is 21.5 Å². The van der Waals surface area contributed by atoms with Gasteiger partial charge in [0.05, 0.1) is 15.6 Å². The third-order valence-electron chi connectivity index (χ3n) is 3.12. The van der Waals surface area contributed by atoms with Crippen LogP contribution in [-0.2, 0) is 6.54 Å². The smallest absolute Gasteiger partial charge is 0.254 e. The monoisotopic (exact) mass is 308 g/mol. The topological polar surface area (TPSA) is 55.1 Å². The number of carbonyl (C=O) groups excluding carboxylic acids is 1. The van der Waals surface area contributed by atoms with E-state index in [1.54, 1.807) is 18.2 Å². The zero-order chi connectivity index (χ0) is 14.7. The Hall–Kier alpha value is -1.71. The minimum atomic E-state index is -0.303. The summed E-state index contributed by atoms with van der Waals surface area (Å²) in [6.07, 6.45) is 0. The highest BCUT2D eigenvalue weighted by Gasteiger charge is 2.14. The van der Waals surface area contributed by atoms with Gasteiger partial charge >= 0.3 is 0 Å². The first kappa shape index (κ1) is 14.7. The second-order valence-electron chi connectivity index (χ2n) is 4.41. The summed E-state index contributed by atoms with van der Waals surface area (Å²) >= 11 is 12.0. The molecule has 3 nitrogen and oxygen atoms in total. The number of nitrogens with one attached hydrogen (secondary N) is 1. The number of nitrogens with two attached hydrogens (primary N) is 1. The van der Waals surface area contributed by atoms with Gasteiger partial charge in [0.15, 0.2) is 0 Å². The first-order valence-electron chi connectivity index (χ1n) is 6.07. The van der Waals surface area contributed by atoms with Crippen LogP contribution in [0.3, 0.4) is 0 Å². The van der Waals surface area contributed by atoms with E-state index in [-0.39, 0.29) is 11.5 Å². The van der Waals surface area contributed by atoms with E-state index >= 15 is 0 Å². The van der Waals surface area contributed by atoms with Crippen LogP contribution in [0.25, 0.3) is 0 Å². The second kappa shape index (κ2) is 6.16. The molecule has 0 spiro atoms. The van der Waals surface area contributed by atoms with E-state index in [0.717, 1.165) is 11.1 Å². The summed E-state index contributed by atoms with van der Waals surface area (Å²) < 4.78 is 0. The molecule has 0 aromatic heterocycles. The fourth-order valence-corrected chi connectivity index (χ4v) is 2.44. The third kappa shape index (κ3) is 3.06. The Balaban J connectivity index is 2.15. The molecule has 0 saturated carbocycles.